The number of carbonyl (C=O) groups is 2. The molecule has 27 heavy (non-hydrogen) atoms. The van der Waals surface area contributed by atoms with Gasteiger partial charge in [-0.25, -0.2) is 13.6 Å². The number of benzene rings is 2. The van der Waals surface area contributed by atoms with Gasteiger partial charge in [0.1, 0.15) is 24.2 Å². The van der Waals surface area contributed by atoms with Crippen molar-refractivity contribution in [3.05, 3.63) is 53.6 Å². The number of amides is 1. The zero-order valence-corrected chi connectivity index (χ0v) is 15.3. The summed E-state index contributed by atoms with van der Waals surface area (Å²) in [5, 5.41) is 2.54. The standard InChI is InChI=1S/C20H21F2NO4/c1-20(2,3)27-19(25)23-7-8-26-15-10-13(12-24)9-14(11-15)16-5-4-6-17(21)18(16)22/h4-6,9-12H,7-8H2,1-3H3,(H,23,25). The van der Waals surface area contributed by atoms with Crippen molar-refractivity contribution in [3.8, 4) is 16.9 Å². The molecule has 0 unspecified atom stereocenters. The van der Waals surface area contributed by atoms with E-state index in [2.05, 4.69) is 5.32 Å². The fourth-order valence-electron chi connectivity index (χ4n) is 2.29. The maximum absolute atomic E-state index is 14.0. The van der Waals surface area contributed by atoms with E-state index in [0.29, 0.717) is 17.6 Å². The third-order valence-corrected chi connectivity index (χ3v) is 3.37. The van der Waals surface area contributed by atoms with Crippen molar-refractivity contribution in [2.24, 2.45) is 0 Å². The molecule has 2 rings (SSSR count). The SMILES string of the molecule is CC(C)(C)OC(=O)NCCOc1cc(C=O)cc(-c2cccc(F)c2F)c1. The zero-order valence-electron chi connectivity index (χ0n) is 15.3. The molecule has 0 heterocycles. The van der Waals surface area contributed by atoms with Crippen LogP contribution in [0.1, 0.15) is 31.1 Å². The van der Waals surface area contributed by atoms with Crippen LogP contribution in [0.5, 0.6) is 5.75 Å². The molecule has 2 aromatic rings. The maximum atomic E-state index is 14.0. The predicted octanol–water partition coefficient (Wildman–Crippen LogP) is 4.35. The molecule has 1 amide bonds. The second-order valence-electron chi connectivity index (χ2n) is 6.79. The van der Waals surface area contributed by atoms with Crippen LogP contribution < -0.4 is 10.1 Å². The first-order valence-corrected chi connectivity index (χ1v) is 8.34. The van der Waals surface area contributed by atoms with E-state index in [1.165, 1.54) is 30.3 Å². The molecule has 7 heteroatoms. The average molecular weight is 377 g/mol. The molecule has 0 saturated carbocycles. The van der Waals surface area contributed by atoms with Gasteiger partial charge in [-0.2, -0.15) is 0 Å². The van der Waals surface area contributed by atoms with Crippen LogP contribution in [0.4, 0.5) is 13.6 Å². The Bertz CT molecular complexity index is 831. The van der Waals surface area contributed by atoms with Crippen molar-refractivity contribution >= 4 is 12.4 Å². The van der Waals surface area contributed by atoms with Crippen molar-refractivity contribution < 1.29 is 27.8 Å². The highest BCUT2D eigenvalue weighted by Gasteiger charge is 2.16. The highest BCUT2D eigenvalue weighted by molar-refractivity contribution is 5.80. The quantitative estimate of drug-likeness (QED) is 0.601. The van der Waals surface area contributed by atoms with Gasteiger partial charge in [-0.1, -0.05) is 12.1 Å². The summed E-state index contributed by atoms with van der Waals surface area (Å²) >= 11 is 0. The molecule has 2 aromatic carbocycles. The van der Waals surface area contributed by atoms with Crippen LogP contribution in [-0.2, 0) is 4.74 Å². The lowest BCUT2D eigenvalue weighted by Gasteiger charge is -2.19. The molecule has 0 bridgehead atoms. The smallest absolute Gasteiger partial charge is 0.407 e. The van der Waals surface area contributed by atoms with Crippen LogP contribution in [0.2, 0.25) is 0 Å². The number of ether oxygens (including phenoxy) is 2. The highest BCUT2D eigenvalue weighted by Crippen LogP contribution is 2.28. The third kappa shape index (κ3) is 6.06. The molecule has 0 fully saturated rings. The highest BCUT2D eigenvalue weighted by atomic mass is 19.2. The Balaban J connectivity index is 2.06. The van der Waals surface area contributed by atoms with Gasteiger partial charge in [0.2, 0.25) is 0 Å². The largest absolute Gasteiger partial charge is 0.492 e. The second-order valence-corrected chi connectivity index (χ2v) is 6.79. The Morgan fingerprint density at radius 1 is 1.19 bits per heavy atom. The van der Waals surface area contributed by atoms with Gasteiger partial charge in [0.05, 0.1) is 6.54 Å². The molecule has 0 aromatic heterocycles. The molecule has 1 N–H and O–H groups in total. The molecule has 0 saturated heterocycles. The van der Waals surface area contributed by atoms with Gasteiger partial charge in [0.25, 0.3) is 0 Å². The molecule has 0 atom stereocenters. The van der Waals surface area contributed by atoms with Crippen molar-refractivity contribution in [2.75, 3.05) is 13.2 Å². The molecule has 5 nitrogen and oxygen atoms in total. The van der Waals surface area contributed by atoms with Crippen molar-refractivity contribution in [2.45, 2.75) is 26.4 Å². The molecule has 0 aliphatic heterocycles. The number of halogens is 2. The van der Waals surface area contributed by atoms with E-state index < -0.39 is 23.3 Å². The number of aldehydes is 1. The van der Waals surface area contributed by atoms with Crippen LogP contribution in [0, 0.1) is 11.6 Å². The lowest BCUT2D eigenvalue weighted by molar-refractivity contribution is 0.0520. The summed E-state index contributed by atoms with van der Waals surface area (Å²) in [6.45, 7) is 5.53. The molecule has 0 radical (unpaired) electrons. The van der Waals surface area contributed by atoms with Gasteiger partial charge in [-0.15, -0.1) is 0 Å². The molecule has 144 valence electrons. The van der Waals surface area contributed by atoms with Crippen molar-refractivity contribution in [1.82, 2.24) is 5.32 Å². The number of carbonyl (C=O) groups excluding carboxylic acids is 2. The van der Waals surface area contributed by atoms with E-state index in [9.17, 15) is 18.4 Å². The van der Waals surface area contributed by atoms with E-state index in [1.54, 1.807) is 20.8 Å². The Hall–Kier alpha value is -2.96. The molecular weight excluding hydrogens is 356 g/mol. The fraction of sp³-hybridized carbons (Fsp3) is 0.300. The lowest BCUT2D eigenvalue weighted by Crippen LogP contribution is -2.34. The van der Waals surface area contributed by atoms with E-state index in [0.717, 1.165) is 6.07 Å². The van der Waals surface area contributed by atoms with Gasteiger partial charge in [-0.3, -0.25) is 4.79 Å². The Labute approximate surface area is 156 Å². The number of alkyl carbamates (subject to hydrolysis) is 1. The summed E-state index contributed by atoms with van der Waals surface area (Å²) in [5.41, 5.74) is -0.0129. The Morgan fingerprint density at radius 2 is 1.93 bits per heavy atom. The minimum Gasteiger partial charge on any atom is -0.492 e. The van der Waals surface area contributed by atoms with Crippen LogP contribution in [0.3, 0.4) is 0 Å². The normalized spacial score (nSPS) is 11.0. The van der Waals surface area contributed by atoms with Crippen molar-refractivity contribution in [1.29, 1.82) is 0 Å². The summed E-state index contributed by atoms with van der Waals surface area (Å²) in [6.07, 6.45) is 0.0160. The summed E-state index contributed by atoms with van der Waals surface area (Å²) in [6, 6.07) is 8.22. The number of nitrogens with one attached hydrogen (secondary N) is 1. The third-order valence-electron chi connectivity index (χ3n) is 3.37. The van der Waals surface area contributed by atoms with Crippen LogP contribution in [-0.4, -0.2) is 31.1 Å². The predicted molar refractivity (Wildman–Crippen MR) is 96.9 cm³/mol. The van der Waals surface area contributed by atoms with Gasteiger partial charge >= 0.3 is 6.09 Å². The van der Waals surface area contributed by atoms with Crippen LogP contribution >= 0.6 is 0 Å². The Morgan fingerprint density at radius 3 is 2.59 bits per heavy atom. The molecule has 0 aliphatic rings. The number of hydrogen-bond acceptors (Lipinski definition) is 4. The summed E-state index contributed by atoms with van der Waals surface area (Å²) in [7, 11) is 0. The van der Waals surface area contributed by atoms with E-state index in [4.69, 9.17) is 9.47 Å². The summed E-state index contributed by atoms with van der Waals surface area (Å²) < 4.78 is 38.1. The number of hydrogen-bond donors (Lipinski definition) is 1. The molecule has 0 spiro atoms. The number of rotatable bonds is 6. The first-order valence-electron chi connectivity index (χ1n) is 8.34. The van der Waals surface area contributed by atoms with Crippen LogP contribution in [0.25, 0.3) is 11.1 Å². The molecular formula is C20H21F2NO4. The average Bonchev–Trinajstić information content (AvgIpc) is 2.59. The monoisotopic (exact) mass is 377 g/mol. The second kappa shape index (κ2) is 8.62. The zero-order chi connectivity index (χ0) is 20.0. The lowest BCUT2D eigenvalue weighted by atomic mass is 10.0. The van der Waals surface area contributed by atoms with Crippen molar-refractivity contribution in [3.63, 3.8) is 0 Å². The van der Waals surface area contributed by atoms with Crippen LogP contribution in [0.15, 0.2) is 36.4 Å². The maximum Gasteiger partial charge on any atom is 0.407 e. The summed E-state index contributed by atoms with van der Waals surface area (Å²) in [5.74, 6) is -1.68. The van der Waals surface area contributed by atoms with E-state index in [-0.39, 0.29) is 24.3 Å². The minimum atomic E-state index is -1.00. The van der Waals surface area contributed by atoms with Gasteiger partial charge in [0.15, 0.2) is 11.6 Å². The topological polar surface area (TPSA) is 64.6 Å². The van der Waals surface area contributed by atoms with Gasteiger partial charge in [-0.05, 0) is 50.6 Å². The van der Waals surface area contributed by atoms with E-state index in [1.807, 2.05) is 0 Å². The first kappa shape index (κ1) is 20.4. The van der Waals surface area contributed by atoms with E-state index >= 15 is 0 Å². The minimum absolute atomic E-state index is 0.0235. The van der Waals surface area contributed by atoms with Gasteiger partial charge < -0.3 is 14.8 Å². The Kier molecular flexibility index (Phi) is 6.50. The molecule has 0 aliphatic carbocycles. The van der Waals surface area contributed by atoms with Gasteiger partial charge in [0, 0.05) is 11.1 Å². The fourth-order valence-corrected chi connectivity index (χ4v) is 2.29. The summed E-state index contributed by atoms with van der Waals surface area (Å²) in [4.78, 5) is 22.7. The first-order chi connectivity index (χ1) is 12.7.